The lowest BCUT2D eigenvalue weighted by atomic mass is 9.67. The lowest BCUT2D eigenvalue weighted by molar-refractivity contribution is -0.339. The Labute approximate surface area is 173 Å². The highest BCUT2D eigenvalue weighted by atomic mass is 16.7. The molecule has 1 aliphatic carbocycles. The molecular weight excluding hydrogens is 366 g/mol. The zero-order valence-electron chi connectivity index (χ0n) is 17.3. The maximum Gasteiger partial charge on any atom is 0.231 e. The fourth-order valence-electron chi connectivity index (χ4n) is 4.18. The van der Waals surface area contributed by atoms with Gasteiger partial charge in [-0.2, -0.15) is 0 Å². The van der Waals surface area contributed by atoms with Crippen LogP contribution in [0.2, 0.25) is 0 Å². The Kier molecular flexibility index (Phi) is 7.42. The summed E-state index contributed by atoms with van der Waals surface area (Å²) in [6, 6.07) is 20.0. The fraction of sp³-hybridized carbons (Fsp3) is 0.458. The highest BCUT2D eigenvalue weighted by molar-refractivity contribution is 5.81. The number of carbonyl (C=O) groups excluding carboxylic acids is 1. The second-order valence-electron chi connectivity index (χ2n) is 7.42. The summed E-state index contributed by atoms with van der Waals surface area (Å²) < 4.78 is 11.9. The SMILES string of the molecule is CCOC1(OCC)[C@H](CO)C[C@@H]1C(=O)N(Cc1ccccc1)Cc1ccccc1. The molecule has 2 aromatic rings. The molecular formula is C24H31NO4. The highest BCUT2D eigenvalue weighted by Crippen LogP contribution is 2.49. The summed E-state index contributed by atoms with van der Waals surface area (Å²) in [5.74, 6) is -1.65. The fourth-order valence-corrected chi connectivity index (χ4v) is 4.18. The van der Waals surface area contributed by atoms with Crippen molar-refractivity contribution in [1.29, 1.82) is 0 Å². The van der Waals surface area contributed by atoms with Crippen LogP contribution in [0.5, 0.6) is 0 Å². The first-order valence-electron chi connectivity index (χ1n) is 10.4. The Morgan fingerprint density at radius 2 is 1.45 bits per heavy atom. The normalized spacial score (nSPS) is 20.1. The zero-order valence-corrected chi connectivity index (χ0v) is 17.3. The molecule has 1 aliphatic rings. The van der Waals surface area contributed by atoms with Gasteiger partial charge in [-0.15, -0.1) is 0 Å². The summed E-state index contributed by atoms with van der Waals surface area (Å²) in [6.07, 6.45) is 0.565. The third kappa shape index (κ3) is 4.69. The minimum Gasteiger partial charge on any atom is -0.396 e. The van der Waals surface area contributed by atoms with Crippen LogP contribution < -0.4 is 0 Å². The van der Waals surface area contributed by atoms with Crippen LogP contribution in [0, 0.1) is 11.8 Å². The standard InChI is InChI=1S/C24H31NO4/c1-3-28-24(29-4-2)21(18-26)15-22(24)23(27)25(16-19-11-7-5-8-12-19)17-20-13-9-6-10-14-20/h5-14,21-22,26H,3-4,15-18H2,1-2H3/t21-,22+/m0/s1. The molecule has 1 amide bonds. The summed E-state index contributed by atoms with van der Waals surface area (Å²) in [4.78, 5) is 15.5. The van der Waals surface area contributed by atoms with Gasteiger partial charge >= 0.3 is 0 Å². The molecule has 0 bridgehead atoms. The second-order valence-corrected chi connectivity index (χ2v) is 7.42. The van der Waals surface area contributed by atoms with Crippen LogP contribution >= 0.6 is 0 Å². The summed E-state index contributed by atoms with van der Waals surface area (Å²) in [6.45, 7) is 5.62. The molecule has 2 aromatic carbocycles. The lowest BCUT2D eigenvalue weighted by Crippen LogP contribution is -2.65. The third-order valence-electron chi connectivity index (χ3n) is 5.58. The molecule has 2 atom stereocenters. The zero-order chi connectivity index (χ0) is 20.7. The monoisotopic (exact) mass is 397 g/mol. The Hall–Kier alpha value is -2.21. The van der Waals surface area contributed by atoms with Crippen molar-refractivity contribution in [2.75, 3.05) is 19.8 Å². The molecule has 1 saturated carbocycles. The number of ether oxygens (including phenoxy) is 2. The van der Waals surface area contributed by atoms with Crippen molar-refractivity contribution in [3.8, 4) is 0 Å². The van der Waals surface area contributed by atoms with Crippen LogP contribution in [0.4, 0.5) is 0 Å². The molecule has 0 unspecified atom stereocenters. The van der Waals surface area contributed by atoms with E-state index in [1.54, 1.807) is 0 Å². The van der Waals surface area contributed by atoms with Crippen LogP contribution in [0.25, 0.3) is 0 Å². The smallest absolute Gasteiger partial charge is 0.231 e. The van der Waals surface area contributed by atoms with Gasteiger partial charge in [0.1, 0.15) is 0 Å². The molecule has 5 nitrogen and oxygen atoms in total. The predicted molar refractivity (Wildman–Crippen MR) is 112 cm³/mol. The van der Waals surface area contributed by atoms with E-state index in [4.69, 9.17) is 9.47 Å². The van der Waals surface area contributed by atoms with E-state index in [-0.39, 0.29) is 18.4 Å². The van der Waals surface area contributed by atoms with Crippen molar-refractivity contribution in [2.45, 2.75) is 39.1 Å². The first-order chi connectivity index (χ1) is 14.1. The molecule has 0 spiro atoms. The van der Waals surface area contributed by atoms with E-state index in [2.05, 4.69) is 0 Å². The van der Waals surface area contributed by atoms with E-state index in [0.717, 1.165) is 11.1 Å². The van der Waals surface area contributed by atoms with E-state index in [9.17, 15) is 9.90 Å². The Bertz CT molecular complexity index is 717. The van der Waals surface area contributed by atoms with Crippen molar-refractivity contribution in [3.05, 3.63) is 71.8 Å². The molecule has 0 radical (unpaired) electrons. The van der Waals surface area contributed by atoms with E-state index in [0.29, 0.717) is 32.7 Å². The minimum absolute atomic E-state index is 0.00399. The molecule has 0 heterocycles. The van der Waals surface area contributed by atoms with Gasteiger partial charge < -0.3 is 19.5 Å². The molecule has 5 heteroatoms. The maximum atomic E-state index is 13.6. The average Bonchev–Trinajstić information content (AvgIpc) is 2.74. The van der Waals surface area contributed by atoms with E-state index in [1.807, 2.05) is 79.4 Å². The molecule has 0 aromatic heterocycles. The van der Waals surface area contributed by atoms with Crippen LogP contribution in [-0.4, -0.2) is 41.5 Å². The van der Waals surface area contributed by atoms with Gasteiger partial charge in [-0.05, 0) is 31.4 Å². The first-order valence-corrected chi connectivity index (χ1v) is 10.4. The van der Waals surface area contributed by atoms with Crippen LogP contribution in [-0.2, 0) is 27.4 Å². The minimum atomic E-state index is -1.04. The molecule has 29 heavy (non-hydrogen) atoms. The van der Waals surface area contributed by atoms with E-state index in [1.165, 1.54) is 0 Å². The predicted octanol–water partition coefficient (Wildman–Crippen LogP) is 3.61. The molecule has 3 rings (SSSR count). The molecule has 0 aliphatic heterocycles. The largest absolute Gasteiger partial charge is 0.396 e. The van der Waals surface area contributed by atoms with Gasteiger partial charge in [0.2, 0.25) is 5.91 Å². The maximum absolute atomic E-state index is 13.6. The number of hydrogen-bond acceptors (Lipinski definition) is 4. The lowest BCUT2D eigenvalue weighted by Gasteiger charge is -2.53. The molecule has 1 fully saturated rings. The molecule has 0 saturated heterocycles. The van der Waals surface area contributed by atoms with E-state index < -0.39 is 11.7 Å². The van der Waals surface area contributed by atoms with Gasteiger partial charge in [-0.1, -0.05) is 60.7 Å². The number of nitrogens with zero attached hydrogens (tertiary/aromatic N) is 1. The van der Waals surface area contributed by atoms with Crippen molar-refractivity contribution >= 4 is 5.91 Å². The van der Waals surface area contributed by atoms with Crippen molar-refractivity contribution in [1.82, 2.24) is 4.90 Å². The van der Waals surface area contributed by atoms with Gasteiger partial charge in [-0.3, -0.25) is 4.79 Å². The van der Waals surface area contributed by atoms with Crippen molar-refractivity contribution < 1.29 is 19.4 Å². The average molecular weight is 398 g/mol. The topological polar surface area (TPSA) is 59.0 Å². The van der Waals surface area contributed by atoms with Crippen molar-refractivity contribution in [2.24, 2.45) is 11.8 Å². The molecule has 1 N–H and O–H groups in total. The van der Waals surface area contributed by atoms with Gasteiger partial charge in [0, 0.05) is 32.2 Å². The number of aliphatic hydroxyl groups excluding tert-OH is 1. The van der Waals surface area contributed by atoms with Crippen LogP contribution in [0.3, 0.4) is 0 Å². The first kappa shape index (κ1) is 21.5. The van der Waals surface area contributed by atoms with Gasteiger partial charge in [0.25, 0.3) is 0 Å². The Balaban J connectivity index is 1.86. The number of benzene rings is 2. The number of aliphatic hydroxyl groups is 1. The summed E-state index contributed by atoms with van der Waals surface area (Å²) in [5, 5.41) is 9.80. The summed E-state index contributed by atoms with van der Waals surface area (Å²) in [7, 11) is 0. The quantitative estimate of drug-likeness (QED) is 0.622. The van der Waals surface area contributed by atoms with Gasteiger partial charge in [0.15, 0.2) is 5.79 Å². The Morgan fingerprint density at radius 3 is 1.86 bits per heavy atom. The number of amides is 1. The number of rotatable bonds is 10. The van der Waals surface area contributed by atoms with Crippen molar-refractivity contribution in [3.63, 3.8) is 0 Å². The number of hydrogen-bond donors (Lipinski definition) is 1. The second kappa shape index (κ2) is 10.0. The summed E-state index contributed by atoms with van der Waals surface area (Å²) >= 11 is 0. The van der Waals surface area contributed by atoms with Gasteiger partial charge in [-0.25, -0.2) is 0 Å². The molecule has 156 valence electrons. The highest BCUT2D eigenvalue weighted by Gasteiger charge is 2.61. The van der Waals surface area contributed by atoms with E-state index >= 15 is 0 Å². The summed E-state index contributed by atoms with van der Waals surface area (Å²) in [5.41, 5.74) is 2.15. The third-order valence-corrected chi connectivity index (χ3v) is 5.58. The van der Waals surface area contributed by atoms with Crippen LogP contribution in [0.15, 0.2) is 60.7 Å². The Morgan fingerprint density at radius 1 is 0.966 bits per heavy atom. The van der Waals surface area contributed by atoms with Crippen LogP contribution in [0.1, 0.15) is 31.4 Å². The van der Waals surface area contributed by atoms with Gasteiger partial charge in [0.05, 0.1) is 12.5 Å². The number of carbonyl (C=O) groups is 1.